The van der Waals surface area contributed by atoms with Crippen LogP contribution in [-0.4, -0.2) is 38.0 Å². The van der Waals surface area contributed by atoms with Crippen LogP contribution in [-0.2, 0) is 19.1 Å². The molecule has 0 bridgehead atoms. The van der Waals surface area contributed by atoms with Crippen LogP contribution in [0.25, 0.3) is 16.7 Å². The Hall–Kier alpha value is -3.41. The van der Waals surface area contributed by atoms with E-state index in [0.717, 1.165) is 28.0 Å². The molecule has 0 amide bonds. The van der Waals surface area contributed by atoms with Gasteiger partial charge in [0, 0.05) is 12.0 Å². The van der Waals surface area contributed by atoms with Gasteiger partial charge in [0.2, 0.25) is 0 Å². The maximum absolute atomic E-state index is 13.0. The molecule has 4 rings (SSSR count). The molecule has 166 valence electrons. The third-order valence-electron chi connectivity index (χ3n) is 6.18. The fourth-order valence-electron chi connectivity index (χ4n) is 4.63. The van der Waals surface area contributed by atoms with Crippen molar-refractivity contribution in [3.63, 3.8) is 0 Å². The Labute approximate surface area is 187 Å². The van der Waals surface area contributed by atoms with Crippen LogP contribution < -0.4 is 4.74 Å². The molecule has 0 radical (unpaired) electrons. The van der Waals surface area contributed by atoms with E-state index >= 15 is 0 Å². The molecule has 1 atom stereocenters. The van der Waals surface area contributed by atoms with Crippen LogP contribution >= 0.6 is 0 Å². The third-order valence-corrected chi connectivity index (χ3v) is 6.18. The number of Topliss-reactive ketones (excluding diaryl/α,β-unsaturated/α-hetero) is 1. The molecule has 32 heavy (non-hydrogen) atoms. The van der Waals surface area contributed by atoms with Gasteiger partial charge in [0.15, 0.2) is 11.2 Å². The summed E-state index contributed by atoms with van der Waals surface area (Å²) >= 11 is 0. The maximum atomic E-state index is 13.0. The highest BCUT2D eigenvalue weighted by molar-refractivity contribution is 6.10. The fraction of sp³-hybridized carbons (Fsp3) is 0.346. The SMILES string of the molecule is CCOC(=O)C1(C(=O)OCC)C=C2c3ccc(-c4ccc(OC)cc4)cc3C(=O)CC2C1. The van der Waals surface area contributed by atoms with E-state index in [1.54, 1.807) is 27.0 Å². The molecule has 0 fully saturated rings. The van der Waals surface area contributed by atoms with Gasteiger partial charge in [-0.3, -0.25) is 14.4 Å². The van der Waals surface area contributed by atoms with Gasteiger partial charge in [-0.25, -0.2) is 0 Å². The van der Waals surface area contributed by atoms with Gasteiger partial charge < -0.3 is 14.2 Å². The lowest BCUT2D eigenvalue weighted by Crippen LogP contribution is -2.39. The van der Waals surface area contributed by atoms with E-state index in [0.29, 0.717) is 5.56 Å². The average Bonchev–Trinajstić information content (AvgIpc) is 3.20. The molecule has 2 aliphatic rings. The Bertz CT molecular complexity index is 1080. The van der Waals surface area contributed by atoms with Gasteiger partial charge in [0.05, 0.1) is 20.3 Å². The van der Waals surface area contributed by atoms with Crippen molar-refractivity contribution in [1.29, 1.82) is 0 Å². The number of ketones is 1. The summed E-state index contributed by atoms with van der Waals surface area (Å²) in [6.45, 7) is 3.72. The first kappa shape index (κ1) is 21.8. The lowest BCUT2D eigenvalue weighted by Gasteiger charge is -2.26. The summed E-state index contributed by atoms with van der Waals surface area (Å²) in [5.74, 6) is -0.707. The molecule has 0 N–H and O–H groups in total. The molecular formula is C26H26O6. The number of allylic oxidation sites excluding steroid dienone is 1. The van der Waals surface area contributed by atoms with Crippen LogP contribution in [0.5, 0.6) is 5.75 Å². The van der Waals surface area contributed by atoms with E-state index in [1.165, 1.54) is 0 Å². The van der Waals surface area contributed by atoms with Crippen LogP contribution in [0.15, 0.2) is 48.5 Å². The van der Waals surface area contributed by atoms with Crippen molar-refractivity contribution in [1.82, 2.24) is 0 Å². The number of benzene rings is 2. The number of rotatable bonds is 6. The summed E-state index contributed by atoms with van der Waals surface area (Å²) in [4.78, 5) is 38.7. The minimum atomic E-state index is -1.51. The summed E-state index contributed by atoms with van der Waals surface area (Å²) < 4.78 is 15.7. The second kappa shape index (κ2) is 8.61. The number of ether oxygens (including phenoxy) is 3. The van der Waals surface area contributed by atoms with E-state index in [-0.39, 0.29) is 37.8 Å². The number of carbonyl (C=O) groups is 3. The molecule has 0 aromatic heterocycles. The number of esters is 2. The zero-order valence-electron chi connectivity index (χ0n) is 18.5. The quantitative estimate of drug-likeness (QED) is 0.493. The third kappa shape index (κ3) is 3.60. The molecule has 6 heteroatoms. The Kier molecular flexibility index (Phi) is 5.87. The summed E-state index contributed by atoms with van der Waals surface area (Å²) in [5.41, 5.74) is 2.57. The van der Waals surface area contributed by atoms with Gasteiger partial charge in [-0.15, -0.1) is 0 Å². The van der Waals surface area contributed by atoms with Gasteiger partial charge in [-0.05, 0) is 66.6 Å². The zero-order valence-corrected chi connectivity index (χ0v) is 18.5. The highest BCUT2D eigenvalue weighted by Crippen LogP contribution is 2.51. The Morgan fingerprint density at radius 3 is 2.16 bits per heavy atom. The van der Waals surface area contributed by atoms with Crippen LogP contribution in [0.2, 0.25) is 0 Å². The standard InChI is InChI=1S/C26H26O6/c1-4-31-24(28)26(25(29)32-5-2)14-18-13-23(27)21-12-17(8-11-20(21)22(18)15-26)16-6-9-19(30-3)10-7-16/h6-12,15,18H,4-5,13-14H2,1-3H3. The first-order chi connectivity index (χ1) is 15.4. The first-order valence-corrected chi connectivity index (χ1v) is 10.8. The fourth-order valence-corrected chi connectivity index (χ4v) is 4.63. The van der Waals surface area contributed by atoms with Crippen LogP contribution in [0.1, 0.15) is 42.6 Å². The minimum Gasteiger partial charge on any atom is -0.497 e. The molecule has 0 heterocycles. The number of carbonyl (C=O) groups excluding carboxylic acids is 3. The van der Waals surface area contributed by atoms with Crippen LogP contribution in [0, 0.1) is 11.3 Å². The van der Waals surface area contributed by atoms with E-state index in [9.17, 15) is 14.4 Å². The molecular weight excluding hydrogens is 408 g/mol. The highest BCUT2D eigenvalue weighted by atomic mass is 16.6. The predicted molar refractivity (Wildman–Crippen MR) is 119 cm³/mol. The molecule has 2 aromatic carbocycles. The molecule has 0 spiro atoms. The van der Waals surface area contributed by atoms with Gasteiger partial charge >= 0.3 is 11.9 Å². The Balaban J connectivity index is 1.76. The van der Waals surface area contributed by atoms with Crippen molar-refractivity contribution < 1.29 is 28.6 Å². The normalized spacial score (nSPS) is 18.3. The van der Waals surface area contributed by atoms with Crippen molar-refractivity contribution in [3.8, 4) is 16.9 Å². The number of fused-ring (bicyclic) bond motifs is 3. The van der Waals surface area contributed by atoms with Gasteiger partial charge in [0.25, 0.3) is 0 Å². The number of hydrogen-bond donors (Lipinski definition) is 0. The Morgan fingerprint density at radius 2 is 1.56 bits per heavy atom. The van der Waals surface area contributed by atoms with Gasteiger partial charge in [0.1, 0.15) is 5.75 Å². The van der Waals surface area contributed by atoms with Crippen LogP contribution in [0.4, 0.5) is 0 Å². The molecule has 1 unspecified atom stereocenters. The summed E-state index contributed by atoms with van der Waals surface area (Å²) in [7, 11) is 1.62. The van der Waals surface area contributed by atoms with Crippen molar-refractivity contribution in [3.05, 3.63) is 59.7 Å². The molecule has 0 saturated carbocycles. The number of hydrogen-bond acceptors (Lipinski definition) is 6. The van der Waals surface area contributed by atoms with E-state index in [1.807, 2.05) is 42.5 Å². The predicted octanol–water partition coefficient (Wildman–Crippen LogP) is 4.46. The highest BCUT2D eigenvalue weighted by Gasteiger charge is 2.54. The first-order valence-electron chi connectivity index (χ1n) is 10.8. The smallest absolute Gasteiger partial charge is 0.327 e. The van der Waals surface area contributed by atoms with Crippen LogP contribution in [0.3, 0.4) is 0 Å². The summed E-state index contributed by atoms with van der Waals surface area (Å²) in [5, 5.41) is 0. The largest absolute Gasteiger partial charge is 0.497 e. The van der Waals surface area contributed by atoms with Crippen molar-refractivity contribution in [2.75, 3.05) is 20.3 Å². The Morgan fingerprint density at radius 1 is 0.938 bits per heavy atom. The van der Waals surface area contributed by atoms with Crippen molar-refractivity contribution in [2.45, 2.75) is 26.7 Å². The van der Waals surface area contributed by atoms with E-state index in [2.05, 4.69) is 0 Å². The summed E-state index contributed by atoms with van der Waals surface area (Å²) in [6.07, 6.45) is 2.10. The second-order valence-corrected chi connectivity index (χ2v) is 8.03. The van der Waals surface area contributed by atoms with Crippen molar-refractivity contribution >= 4 is 23.3 Å². The minimum absolute atomic E-state index is 0.000953. The molecule has 2 aliphatic carbocycles. The monoisotopic (exact) mass is 434 g/mol. The van der Waals surface area contributed by atoms with Gasteiger partial charge in [-0.2, -0.15) is 0 Å². The number of methoxy groups -OCH3 is 1. The van der Waals surface area contributed by atoms with E-state index < -0.39 is 17.4 Å². The lowest BCUT2D eigenvalue weighted by atomic mass is 9.78. The maximum Gasteiger partial charge on any atom is 0.327 e. The van der Waals surface area contributed by atoms with E-state index in [4.69, 9.17) is 14.2 Å². The molecule has 0 aliphatic heterocycles. The molecule has 6 nitrogen and oxygen atoms in total. The summed E-state index contributed by atoms with van der Waals surface area (Å²) in [6, 6.07) is 13.4. The van der Waals surface area contributed by atoms with Crippen molar-refractivity contribution in [2.24, 2.45) is 11.3 Å². The molecule has 2 aromatic rings. The lowest BCUT2D eigenvalue weighted by molar-refractivity contribution is -0.168. The van der Waals surface area contributed by atoms with Gasteiger partial charge in [-0.1, -0.05) is 30.3 Å². The average molecular weight is 434 g/mol. The second-order valence-electron chi connectivity index (χ2n) is 8.03. The topological polar surface area (TPSA) is 78.9 Å². The molecule has 0 saturated heterocycles. The zero-order chi connectivity index (χ0) is 22.9.